The van der Waals surface area contributed by atoms with Gasteiger partial charge in [-0.2, -0.15) is 124 Å². The normalized spacial score (nSPS) is 10.9. The first-order valence-corrected chi connectivity index (χ1v) is 22.0. The molecule has 0 atom stereocenters. The first kappa shape index (κ1) is 153. The van der Waals surface area contributed by atoms with Gasteiger partial charge in [0.1, 0.15) is 0 Å². The average Bonchev–Trinajstić information content (AvgIpc) is 3.42. The van der Waals surface area contributed by atoms with Crippen molar-refractivity contribution in [3.8, 4) is 0 Å². The number of rotatable bonds is 24. The molecule has 52 heteroatoms. The van der Waals surface area contributed by atoms with Gasteiger partial charge in [-0.1, -0.05) is 72.3 Å². The Kier molecular flexibility index (Phi) is 132. The Hall–Kier alpha value is -3.40. The maximum absolute atomic E-state index is 12.1. The fourth-order valence-electron chi connectivity index (χ4n) is 1.64. The van der Waals surface area contributed by atoms with E-state index in [9.17, 15) is 193 Å². The SMILES string of the molecule is C.C.C.C.C.C.CC(F)(F)C(F)(F)OC(F)(F)CF.CC(F)(F)C(F)(F)OC(F)(F)CF.CC(F)(F)C(F)(F)OC(F)(F)CF.CCC(F)(F)OC(F)(F)CC.CCC(F)(F)OCF.CCC(F)(F)OCF.CCF.CCF.CF.CF.CF.FCF.FCF.FCOF.FCOF. The van der Waals surface area contributed by atoms with Gasteiger partial charge in [-0.15, -0.1) is 0 Å². The van der Waals surface area contributed by atoms with Crippen LogP contribution < -0.4 is 0 Å². The Bertz CT molecular complexity index is 1260. The molecule has 8 nitrogen and oxygen atoms in total. The van der Waals surface area contributed by atoms with Crippen LogP contribution in [0.4, 0.5) is 193 Å². The first-order valence-electron chi connectivity index (χ1n) is 22.0. The van der Waals surface area contributed by atoms with Gasteiger partial charge >= 0.3 is 78.9 Å². The maximum atomic E-state index is 12.1. The van der Waals surface area contributed by atoms with Gasteiger partial charge in [-0.05, 0) is 22.9 Å². The lowest BCUT2D eigenvalue weighted by atomic mass is 10.3. The largest absolute Gasteiger partial charge is 0.423 e. The summed E-state index contributed by atoms with van der Waals surface area (Å²) in [5.74, 6) is -14.4. The minimum Gasteiger partial charge on any atom is -0.288 e. The van der Waals surface area contributed by atoms with E-state index >= 15 is 0 Å². The predicted molar refractivity (Wildman–Crippen MR) is 274 cm³/mol. The van der Waals surface area contributed by atoms with Crippen molar-refractivity contribution < 1.29 is 232 Å². The zero-order valence-corrected chi connectivity index (χ0v) is 49.0. The molecule has 0 aromatic rings. The molecule has 0 aromatic carbocycles. The summed E-state index contributed by atoms with van der Waals surface area (Å²) in [7, 11) is 1.50. The standard InChI is InChI=1S/C6H10F4O.3C5H5F7O.2C4H7F3O.2C2H5F.2CH2F2O.2CH2F2.3CH3F.6CH4/c1-3-5(7,8)11-6(9,10)4-2;3*1-3(7,8)5(11,12)13-4(9,10)2-6;2*1-2-4(6,7)8-3-5;2*1-2-3;2*2-1-4-3;2*2-1-3;3*1-2;;;;;;/h3-4H2,1-2H3;3*2H2,1H3;2*2-3H2,1H3;2*2H2,1H3;2*1H2;2*1H2;3*1H3;6*1H4. The summed E-state index contributed by atoms with van der Waals surface area (Å²) in [6, 6.07) is 0. The molecular formula is C46H90F44O8. The molecule has 0 amide bonds. The summed E-state index contributed by atoms with van der Waals surface area (Å²) in [5, 5.41) is 0. The van der Waals surface area contributed by atoms with Crippen molar-refractivity contribution in [2.45, 2.75) is 211 Å². The van der Waals surface area contributed by atoms with Crippen LogP contribution in [0.3, 0.4) is 0 Å². The second-order valence-corrected chi connectivity index (χ2v) is 12.6. The number of alkyl halides is 42. The van der Waals surface area contributed by atoms with Crippen molar-refractivity contribution in [2.24, 2.45) is 0 Å². The highest BCUT2D eigenvalue weighted by Crippen LogP contribution is 2.41. The topological polar surface area (TPSA) is 73.8 Å². The van der Waals surface area contributed by atoms with Crippen LogP contribution in [0.2, 0.25) is 0 Å². The molecule has 0 aliphatic carbocycles. The highest BCUT2D eigenvalue weighted by molar-refractivity contribution is 4.74. The molecule has 0 unspecified atom stereocenters. The molecule has 0 saturated carbocycles. The van der Waals surface area contributed by atoms with Crippen molar-refractivity contribution in [2.75, 3.05) is 96.2 Å². The van der Waals surface area contributed by atoms with Crippen molar-refractivity contribution >= 4 is 0 Å². The zero-order chi connectivity index (χ0) is 78.8. The van der Waals surface area contributed by atoms with Gasteiger partial charge in [0.2, 0.25) is 27.6 Å². The van der Waals surface area contributed by atoms with Crippen molar-refractivity contribution in [1.82, 2.24) is 0 Å². The molecule has 0 radical (unpaired) electrons. The van der Waals surface area contributed by atoms with E-state index in [1.165, 1.54) is 27.7 Å². The van der Waals surface area contributed by atoms with Gasteiger partial charge in [0, 0.05) is 46.5 Å². The van der Waals surface area contributed by atoms with Gasteiger partial charge in [0.15, 0.2) is 33.7 Å². The molecule has 630 valence electrons. The van der Waals surface area contributed by atoms with Gasteiger partial charge < -0.3 is 0 Å². The molecule has 0 saturated heterocycles. The molecule has 0 aliphatic heterocycles. The average molecular weight is 1610 g/mol. The number of hydrogen-bond donors (Lipinski definition) is 0. The van der Waals surface area contributed by atoms with Gasteiger partial charge in [-0.25, -0.2) is 62.5 Å². The summed E-state index contributed by atoms with van der Waals surface area (Å²) in [6.07, 6.45) is -47.4. The quantitative estimate of drug-likeness (QED) is 0.0885. The van der Waals surface area contributed by atoms with E-state index in [1.54, 1.807) is 0 Å². The monoisotopic (exact) mass is 1610 g/mol. The highest BCUT2D eigenvalue weighted by atomic mass is 19.4. The summed E-state index contributed by atoms with van der Waals surface area (Å²) in [4.78, 5) is 4.75. The van der Waals surface area contributed by atoms with Crippen molar-refractivity contribution in [1.29, 1.82) is 0 Å². The van der Waals surface area contributed by atoms with Crippen LogP contribution in [0.5, 0.6) is 0 Å². The van der Waals surface area contributed by atoms with E-state index < -0.39 is 166 Å². The van der Waals surface area contributed by atoms with Gasteiger partial charge in [0.05, 0.1) is 34.9 Å². The minimum atomic E-state index is -5.40. The molecule has 0 aromatic heterocycles. The number of halogens is 44. The second-order valence-electron chi connectivity index (χ2n) is 12.6. The first-order chi connectivity index (χ1) is 41.1. The van der Waals surface area contributed by atoms with Gasteiger partial charge in [0.25, 0.3) is 0 Å². The summed E-state index contributed by atoms with van der Waals surface area (Å²) in [6.45, 7) is -10.8. The lowest BCUT2D eigenvalue weighted by molar-refractivity contribution is -0.428. The zero-order valence-electron chi connectivity index (χ0n) is 49.0. The van der Waals surface area contributed by atoms with E-state index in [2.05, 4.69) is 38.3 Å². The van der Waals surface area contributed by atoms with Crippen LogP contribution in [-0.4, -0.2) is 175 Å². The molecule has 0 aliphatic rings. The van der Waals surface area contributed by atoms with E-state index in [1.807, 2.05) is 0 Å². The molecule has 0 fully saturated rings. The summed E-state index contributed by atoms with van der Waals surface area (Å²) in [5.41, 5.74) is 0. The van der Waals surface area contributed by atoms with E-state index in [0.717, 1.165) is 13.8 Å². The predicted octanol–water partition coefficient (Wildman–Crippen LogP) is 26.2. The summed E-state index contributed by atoms with van der Waals surface area (Å²) >= 11 is 0. The van der Waals surface area contributed by atoms with Crippen LogP contribution in [-0.2, 0) is 38.3 Å². The Balaban J connectivity index is -0.0000000354. The Labute approximate surface area is 539 Å². The lowest BCUT2D eigenvalue weighted by Crippen LogP contribution is -2.46. The molecule has 0 bridgehead atoms. The fraction of sp³-hybridized carbons (Fsp3) is 1.00. The third kappa shape index (κ3) is 126. The third-order valence-electron chi connectivity index (χ3n) is 5.39. The van der Waals surface area contributed by atoms with Crippen LogP contribution in [0.1, 0.15) is 133 Å². The molecule has 98 heavy (non-hydrogen) atoms. The highest BCUT2D eigenvalue weighted by Gasteiger charge is 2.61. The van der Waals surface area contributed by atoms with Crippen LogP contribution in [0, 0.1) is 0 Å². The van der Waals surface area contributed by atoms with E-state index in [0.29, 0.717) is 21.5 Å². The third-order valence-corrected chi connectivity index (χ3v) is 5.39. The molecular weight excluding hydrogens is 1520 g/mol. The number of ether oxygens (including phenoxy) is 6. The van der Waals surface area contributed by atoms with Gasteiger partial charge in [-0.3, -0.25) is 36.2 Å². The smallest absolute Gasteiger partial charge is 0.288 e. The Morgan fingerprint density at radius 1 is 0.235 bits per heavy atom. The Morgan fingerprint density at radius 3 is 0.418 bits per heavy atom. The van der Waals surface area contributed by atoms with Crippen molar-refractivity contribution in [3.63, 3.8) is 0 Å². The second kappa shape index (κ2) is 84.3. The molecule has 0 heterocycles. The van der Waals surface area contributed by atoms with Crippen LogP contribution in [0.15, 0.2) is 0 Å². The minimum absolute atomic E-state index is 0. The molecule has 0 spiro atoms. The fourth-order valence-corrected chi connectivity index (χ4v) is 1.64. The van der Waals surface area contributed by atoms with E-state index in [-0.39, 0.29) is 78.7 Å². The molecule has 0 N–H and O–H groups in total. The maximum Gasteiger partial charge on any atom is 0.423 e. The van der Waals surface area contributed by atoms with Crippen LogP contribution >= 0.6 is 0 Å². The number of hydrogen-bond acceptors (Lipinski definition) is 8. The van der Waals surface area contributed by atoms with E-state index in [4.69, 9.17) is 0 Å². The van der Waals surface area contributed by atoms with Crippen molar-refractivity contribution in [3.05, 3.63) is 0 Å². The van der Waals surface area contributed by atoms with Crippen LogP contribution in [0.25, 0.3) is 0 Å². The summed E-state index contributed by atoms with van der Waals surface area (Å²) < 4.78 is 509. The molecule has 0 rings (SSSR count). The Morgan fingerprint density at radius 2 is 0.357 bits per heavy atom. The lowest BCUT2D eigenvalue weighted by Gasteiger charge is -2.25.